The fourth-order valence-corrected chi connectivity index (χ4v) is 2.47. The lowest BCUT2D eigenvalue weighted by Crippen LogP contribution is -2.49. The van der Waals surface area contributed by atoms with Gasteiger partial charge in [0.1, 0.15) is 5.41 Å². The summed E-state index contributed by atoms with van der Waals surface area (Å²) in [5, 5.41) is 23.5. The predicted molar refractivity (Wildman–Crippen MR) is 64.5 cm³/mol. The van der Waals surface area contributed by atoms with Crippen LogP contribution in [0.4, 0.5) is 5.69 Å². The van der Waals surface area contributed by atoms with Gasteiger partial charge in [-0.05, 0) is 19.4 Å². The van der Waals surface area contributed by atoms with Gasteiger partial charge in [-0.1, -0.05) is 18.2 Å². The Morgan fingerprint density at radius 3 is 2.72 bits per heavy atom. The maximum Gasteiger partial charge on any atom is 0.315 e. The molecule has 6 nitrogen and oxygen atoms in total. The molecule has 0 bridgehead atoms. The number of hydrogen-bond acceptors (Lipinski definition) is 4. The van der Waals surface area contributed by atoms with Crippen molar-refractivity contribution in [2.75, 3.05) is 13.1 Å². The number of nitro benzene ring substituents is 1. The van der Waals surface area contributed by atoms with Gasteiger partial charge in [-0.2, -0.15) is 0 Å². The third-order valence-corrected chi connectivity index (χ3v) is 3.41. The summed E-state index contributed by atoms with van der Waals surface area (Å²) in [4.78, 5) is 22.1. The molecule has 1 aromatic rings. The number of rotatable bonds is 3. The van der Waals surface area contributed by atoms with Crippen LogP contribution in [0.1, 0.15) is 18.4 Å². The fourth-order valence-electron chi connectivity index (χ4n) is 2.47. The van der Waals surface area contributed by atoms with Crippen LogP contribution in [-0.4, -0.2) is 29.1 Å². The summed E-state index contributed by atoms with van der Waals surface area (Å²) >= 11 is 0. The first-order valence-corrected chi connectivity index (χ1v) is 5.76. The molecule has 1 saturated heterocycles. The van der Waals surface area contributed by atoms with Crippen molar-refractivity contribution >= 4 is 11.7 Å². The van der Waals surface area contributed by atoms with Crippen LogP contribution in [0.5, 0.6) is 0 Å². The average Bonchev–Trinajstić information content (AvgIpc) is 2.39. The van der Waals surface area contributed by atoms with Gasteiger partial charge in [-0.15, -0.1) is 0 Å². The third kappa shape index (κ3) is 1.95. The molecule has 2 N–H and O–H groups in total. The van der Waals surface area contributed by atoms with E-state index >= 15 is 0 Å². The first-order chi connectivity index (χ1) is 8.58. The van der Waals surface area contributed by atoms with E-state index in [-0.39, 0.29) is 17.8 Å². The summed E-state index contributed by atoms with van der Waals surface area (Å²) in [5.74, 6) is -1.01. The molecule has 1 aliphatic heterocycles. The maximum absolute atomic E-state index is 11.6. The van der Waals surface area contributed by atoms with Gasteiger partial charge in [-0.3, -0.25) is 14.9 Å². The number of nitrogens with zero attached hydrogens (tertiary/aromatic N) is 1. The summed E-state index contributed by atoms with van der Waals surface area (Å²) in [6.45, 7) is 0.975. The van der Waals surface area contributed by atoms with Crippen molar-refractivity contribution in [1.82, 2.24) is 5.32 Å². The van der Waals surface area contributed by atoms with Crippen molar-refractivity contribution in [3.05, 3.63) is 39.9 Å². The Morgan fingerprint density at radius 2 is 2.17 bits per heavy atom. The fraction of sp³-hybridized carbons (Fsp3) is 0.417. The van der Waals surface area contributed by atoms with Gasteiger partial charge in [-0.25, -0.2) is 0 Å². The number of piperidine rings is 1. The molecular weight excluding hydrogens is 236 g/mol. The maximum atomic E-state index is 11.6. The second kappa shape index (κ2) is 4.73. The number of carbonyl (C=O) groups is 1. The van der Waals surface area contributed by atoms with E-state index in [2.05, 4.69) is 5.32 Å². The second-order valence-electron chi connectivity index (χ2n) is 4.44. The number of para-hydroxylation sites is 1. The predicted octanol–water partition coefficient (Wildman–Crippen LogP) is 1.30. The van der Waals surface area contributed by atoms with Crippen molar-refractivity contribution in [3.63, 3.8) is 0 Å². The number of carboxylic acids is 1. The van der Waals surface area contributed by atoms with Gasteiger partial charge < -0.3 is 10.4 Å². The van der Waals surface area contributed by atoms with Crippen molar-refractivity contribution in [2.24, 2.45) is 0 Å². The highest BCUT2D eigenvalue weighted by molar-refractivity contribution is 5.83. The largest absolute Gasteiger partial charge is 0.481 e. The van der Waals surface area contributed by atoms with E-state index in [1.807, 2.05) is 0 Å². The Kier molecular flexibility index (Phi) is 3.29. The van der Waals surface area contributed by atoms with E-state index in [1.54, 1.807) is 18.2 Å². The average molecular weight is 250 g/mol. The Morgan fingerprint density at radius 1 is 1.44 bits per heavy atom. The first-order valence-electron chi connectivity index (χ1n) is 5.76. The van der Waals surface area contributed by atoms with Gasteiger partial charge in [0.25, 0.3) is 5.69 Å². The van der Waals surface area contributed by atoms with Crippen LogP contribution >= 0.6 is 0 Å². The summed E-state index contributed by atoms with van der Waals surface area (Å²) in [7, 11) is 0. The summed E-state index contributed by atoms with van der Waals surface area (Å²) < 4.78 is 0. The molecular formula is C12H14N2O4. The van der Waals surface area contributed by atoms with E-state index in [9.17, 15) is 20.0 Å². The monoisotopic (exact) mass is 250 g/mol. The molecule has 1 unspecified atom stereocenters. The molecule has 6 heteroatoms. The second-order valence-corrected chi connectivity index (χ2v) is 4.44. The minimum absolute atomic E-state index is 0.122. The number of carboxylic acid groups (broad SMARTS) is 1. The molecule has 0 aromatic heterocycles. The van der Waals surface area contributed by atoms with Crippen molar-refractivity contribution in [2.45, 2.75) is 18.3 Å². The standard InChI is InChI=1S/C12H14N2O4/c15-11(16)12(6-3-7-13-8-12)9-4-1-2-5-10(9)14(17)18/h1-2,4-5,13H,3,6-8H2,(H,15,16). The number of nitrogens with one attached hydrogen (secondary N) is 1. The lowest BCUT2D eigenvalue weighted by molar-refractivity contribution is -0.386. The highest BCUT2D eigenvalue weighted by Gasteiger charge is 2.45. The normalized spacial score (nSPS) is 23.6. The zero-order valence-electron chi connectivity index (χ0n) is 9.76. The quantitative estimate of drug-likeness (QED) is 0.623. The van der Waals surface area contributed by atoms with Crippen LogP contribution in [0, 0.1) is 10.1 Å². The molecule has 96 valence electrons. The SMILES string of the molecule is O=C(O)C1(c2ccccc2[N+](=O)[O-])CCCNC1. The van der Waals surface area contributed by atoms with Crippen LogP contribution in [0.3, 0.4) is 0 Å². The van der Waals surface area contributed by atoms with Gasteiger partial charge in [0.05, 0.1) is 4.92 Å². The topological polar surface area (TPSA) is 92.5 Å². The lowest BCUT2D eigenvalue weighted by Gasteiger charge is -2.33. The minimum atomic E-state index is -1.19. The summed E-state index contributed by atoms with van der Waals surface area (Å²) in [6, 6.07) is 6.09. The van der Waals surface area contributed by atoms with Crippen molar-refractivity contribution < 1.29 is 14.8 Å². The van der Waals surface area contributed by atoms with E-state index in [4.69, 9.17) is 0 Å². The highest BCUT2D eigenvalue weighted by Crippen LogP contribution is 2.37. The Balaban J connectivity index is 2.55. The number of nitro groups is 1. The molecule has 0 spiro atoms. The number of aliphatic carboxylic acids is 1. The Labute approximate surface area is 104 Å². The molecule has 1 atom stereocenters. The molecule has 1 aromatic carbocycles. The minimum Gasteiger partial charge on any atom is -0.481 e. The van der Waals surface area contributed by atoms with Gasteiger partial charge >= 0.3 is 5.97 Å². The molecule has 1 heterocycles. The van der Waals surface area contributed by atoms with Crippen LogP contribution in [0.15, 0.2) is 24.3 Å². The third-order valence-electron chi connectivity index (χ3n) is 3.41. The molecule has 18 heavy (non-hydrogen) atoms. The first kappa shape index (κ1) is 12.5. The smallest absolute Gasteiger partial charge is 0.315 e. The summed E-state index contributed by atoms with van der Waals surface area (Å²) in [5.41, 5.74) is -1.03. The van der Waals surface area contributed by atoms with E-state index in [0.29, 0.717) is 12.8 Å². The Bertz CT molecular complexity index is 481. The van der Waals surface area contributed by atoms with Crippen LogP contribution in [0.25, 0.3) is 0 Å². The zero-order valence-corrected chi connectivity index (χ0v) is 9.76. The van der Waals surface area contributed by atoms with Crippen molar-refractivity contribution in [1.29, 1.82) is 0 Å². The molecule has 0 amide bonds. The van der Waals surface area contributed by atoms with Crippen LogP contribution in [0.2, 0.25) is 0 Å². The summed E-state index contributed by atoms with van der Waals surface area (Å²) in [6.07, 6.45) is 1.11. The highest BCUT2D eigenvalue weighted by atomic mass is 16.6. The molecule has 1 fully saturated rings. The van der Waals surface area contributed by atoms with Crippen LogP contribution < -0.4 is 5.32 Å². The zero-order chi connectivity index (χ0) is 13.2. The van der Waals surface area contributed by atoms with Gasteiger partial charge in [0.2, 0.25) is 0 Å². The van der Waals surface area contributed by atoms with E-state index in [0.717, 1.165) is 6.54 Å². The molecule has 2 rings (SSSR count). The molecule has 0 aliphatic carbocycles. The van der Waals surface area contributed by atoms with Crippen LogP contribution in [-0.2, 0) is 10.2 Å². The van der Waals surface area contributed by atoms with Gasteiger partial charge in [0.15, 0.2) is 0 Å². The molecule has 0 radical (unpaired) electrons. The van der Waals surface area contributed by atoms with Gasteiger partial charge in [0, 0.05) is 18.2 Å². The van der Waals surface area contributed by atoms with Crippen molar-refractivity contribution in [3.8, 4) is 0 Å². The van der Waals surface area contributed by atoms with E-state index < -0.39 is 16.3 Å². The van der Waals surface area contributed by atoms with E-state index in [1.165, 1.54) is 6.07 Å². The molecule has 1 aliphatic rings. The number of hydrogen-bond donors (Lipinski definition) is 2. The lowest BCUT2D eigenvalue weighted by atomic mass is 9.74. The molecule has 0 saturated carbocycles. The Hall–Kier alpha value is -1.95. The number of benzene rings is 1.